The van der Waals surface area contributed by atoms with E-state index in [1.165, 1.54) is 6.26 Å². The molecule has 2 amide bonds. The zero-order valence-corrected chi connectivity index (χ0v) is 15.7. The van der Waals surface area contributed by atoms with Gasteiger partial charge < -0.3 is 19.2 Å². The van der Waals surface area contributed by atoms with Gasteiger partial charge in [0.15, 0.2) is 5.76 Å². The highest BCUT2D eigenvalue weighted by Gasteiger charge is 2.24. The number of aromatic amines is 1. The quantitative estimate of drug-likeness (QED) is 0.872. The lowest BCUT2D eigenvalue weighted by Gasteiger charge is -2.22. The molecule has 1 aliphatic heterocycles. The molecule has 2 aromatic heterocycles. The van der Waals surface area contributed by atoms with Crippen molar-refractivity contribution in [1.82, 2.24) is 19.8 Å². The Morgan fingerprint density at radius 1 is 1.19 bits per heavy atom. The molecule has 144 valence electrons. The van der Waals surface area contributed by atoms with E-state index in [4.69, 9.17) is 4.42 Å². The summed E-state index contributed by atoms with van der Waals surface area (Å²) >= 11 is 0. The summed E-state index contributed by atoms with van der Waals surface area (Å²) in [5.41, 5.74) is 1.96. The van der Waals surface area contributed by atoms with Crippen molar-refractivity contribution >= 4 is 11.8 Å². The minimum atomic E-state index is -0.367. The molecule has 0 bridgehead atoms. The van der Waals surface area contributed by atoms with Crippen LogP contribution in [-0.2, 0) is 11.2 Å². The molecular weight excluding hydrogens is 348 g/mol. The molecule has 1 saturated heterocycles. The topological polar surface area (TPSA) is 99.5 Å². The number of hydrogen-bond donors (Lipinski definition) is 1. The number of carbonyl (C=O) groups excluding carboxylic acids is 2. The van der Waals surface area contributed by atoms with Crippen molar-refractivity contribution < 1.29 is 14.0 Å². The van der Waals surface area contributed by atoms with E-state index in [2.05, 4.69) is 9.97 Å². The fourth-order valence-corrected chi connectivity index (χ4v) is 3.44. The Labute approximate surface area is 157 Å². The van der Waals surface area contributed by atoms with E-state index in [0.29, 0.717) is 50.5 Å². The number of nitrogens with zero attached hydrogens (tertiary/aromatic N) is 3. The van der Waals surface area contributed by atoms with Crippen molar-refractivity contribution in [2.24, 2.45) is 0 Å². The third kappa shape index (κ3) is 4.45. The molecule has 0 radical (unpaired) electrons. The maximum absolute atomic E-state index is 12.6. The summed E-state index contributed by atoms with van der Waals surface area (Å²) in [6.07, 6.45) is 3.10. The van der Waals surface area contributed by atoms with Crippen LogP contribution in [0.15, 0.2) is 27.6 Å². The van der Waals surface area contributed by atoms with Gasteiger partial charge in [-0.3, -0.25) is 9.59 Å². The predicted molar refractivity (Wildman–Crippen MR) is 98.5 cm³/mol. The van der Waals surface area contributed by atoms with E-state index in [1.54, 1.807) is 28.9 Å². The van der Waals surface area contributed by atoms with Crippen molar-refractivity contribution in [3.8, 4) is 0 Å². The van der Waals surface area contributed by atoms with Crippen LogP contribution in [0.4, 0.5) is 0 Å². The number of H-pyrrole nitrogens is 1. The first-order valence-electron chi connectivity index (χ1n) is 9.12. The molecule has 1 fully saturated rings. The molecule has 0 unspecified atom stereocenters. The highest BCUT2D eigenvalue weighted by Crippen LogP contribution is 2.13. The zero-order chi connectivity index (χ0) is 19.4. The van der Waals surface area contributed by atoms with Crippen molar-refractivity contribution in [2.75, 3.05) is 26.2 Å². The largest absolute Gasteiger partial charge is 0.459 e. The van der Waals surface area contributed by atoms with Gasteiger partial charge in [-0.1, -0.05) is 0 Å². The van der Waals surface area contributed by atoms with E-state index in [1.807, 2.05) is 6.92 Å². The van der Waals surface area contributed by atoms with Crippen molar-refractivity contribution in [2.45, 2.75) is 33.1 Å². The highest BCUT2D eigenvalue weighted by molar-refractivity contribution is 5.91. The molecule has 0 spiro atoms. The number of nitrogens with one attached hydrogen (secondary N) is 1. The van der Waals surface area contributed by atoms with Gasteiger partial charge in [-0.2, -0.15) is 4.98 Å². The molecule has 3 heterocycles. The first-order chi connectivity index (χ1) is 13.0. The minimum Gasteiger partial charge on any atom is -0.459 e. The summed E-state index contributed by atoms with van der Waals surface area (Å²) < 4.78 is 5.18. The molecule has 0 aromatic carbocycles. The Morgan fingerprint density at radius 2 is 1.93 bits per heavy atom. The smallest absolute Gasteiger partial charge is 0.345 e. The van der Waals surface area contributed by atoms with Crippen LogP contribution >= 0.6 is 0 Å². The van der Waals surface area contributed by atoms with Crippen LogP contribution in [0, 0.1) is 13.8 Å². The number of amides is 2. The van der Waals surface area contributed by atoms with Crippen LogP contribution in [0.2, 0.25) is 0 Å². The molecule has 1 N–H and O–H groups in total. The number of rotatable bonds is 4. The third-order valence-corrected chi connectivity index (χ3v) is 4.91. The molecule has 8 heteroatoms. The highest BCUT2D eigenvalue weighted by atomic mass is 16.3. The average Bonchev–Trinajstić information content (AvgIpc) is 3.04. The molecule has 0 saturated carbocycles. The van der Waals surface area contributed by atoms with Crippen LogP contribution in [0.5, 0.6) is 0 Å². The average molecular weight is 372 g/mol. The fraction of sp³-hybridized carbons (Fsp3) is 0.474. The maximum Gasteiger partial charge on any atom is 0.345 e. The van der Waals surface area contributed by atoms with Crippen LogP contribution in [0.25, 0.3) is 0 Å². The lowest BCUT2D eigenvalue weighted by molar-refractivity contribution is -0.131. The van der Waals surface area contributed by atoms with Crippen molar-refractivity contribution in [1.29, 1.82) is 0 Å². The zero-order valence-electron chi connectivity index (χ0n) is 15.7. The summed E-state index contributed by atoms with van der Waals surface area (Å²) in [6.45, 7) is 5.83. The summed E-state index contributed by atoms with van der Waals surface area (Å²) in [6, 6.07) is 3.34. The normalized spacial score (nSPS) is 14.9. The molecule has 1 aliphatic rings. The second-order valence-corrected chi connectivity index (χ2v) is 6.73. The monoisotopic (exact) mass is 372 g/mol. The molecule has 27 heavy (non-hydrogen) atoms. The van der Waals surface area contributed by atoms with Gasteiger partial charge in [-0.05, 0) is 44.4 Å². The van der Waals surface area contributed by atoms with Crippen LogP contribution < -0.4 is 5.69 Å². The van der Waals surface area contributed by atoms with Crippen molar-refractivity contribution in [3.63, 3.8) is 0 Å². The van der Waals surface area contributed by atoms with Gasteiger partial charge in [0.2, 0.25) is 5.91 Å². The predicted octanol–water partition coefficient (Wildman–Crippen LogP) is 1.29. The van der Waals surface area contributed by atoms with Gasteiger partial charge in [0.05, 0.1) is 6.26 Å². The third-order valence-electron chi connectivity index (χ3n) is 4.91. The van der Waals surface area contributed by atoms with Gasteiger partial charge in [0.1, 0.15) is 0 Å². The molecule has 3 rings (SSSR count). The van der Waals surface area contributed by atoms with Crippen LogP contribution in [-0.4, -0.2) is 57.8 Å². The van der Waals surface area contributed by atoms with Crippen LogP contribution in [0.1, 0.15) is 40.3 Å². The van der Waals surface area contributed by atoms with E-state index in [0.717, 1.165) is 17.7 Å². The number of aryl methyl sites for hydroxylation is 2. The van der Waals surface area contributed by atoms with Gasteiger partial charge in [-0.25, -0.2) is 4.79 Å². The Kier molecular flexibility index (Phi) is 5.73. The van der Waals surface area contributed by atoms with E-state index < -0.39 is 0 Å². The maximum atomic E-state index is 12.6. The van der Waals surface area contributed by atoms with Gasteiger partial charge in [0, 0.05) is 44.0 Å². The summed E-state index contributed by atoms with van der Waals surface area (Å²) in [7, 11) is 0. The fourth-order valence-electron chi connectivity index (χ4n) is 3.44. The molecule has 2 aromatic rings. The standard InChI is InChI=1S/C19H24N4O4/c1-13-15(14(2)21-19(26)20-13)6-7-17(24)22-8-4-9-23(11-10-22)18(25)16-5-3-12-27-16/h3,5,12H,4,6-11H2,1-2H3,(H,20,21,26). The molecule has 0 atom stereocenters. The van der Waals surface area contributed by atoms with Gasteiger partial charge >= 0.3 is 5.69 Å². The number of furan rings is 1. The molecule has 8 nitrogen and oxygen atoms in total. The first kappa shape index (κ1) is 18.9. The van der Waals surface area contributed by atoms with Gasteiger partial charge in [0.25, 0.3) is 5.91 Å². The van der Waals surface area contributed by atoms with E-state index in [-0.39, 0.29) is 17.5 Å². The SMILES string of the molecule is Cc1nc(=O)[nH]c(C)c1CCC(=O)N1CCCN(C(=O)c2ccco2)CC1. The van der Waals surface area contributed by atoms with E-state index >= 15 is 0 Å². The lowest BCUT2D eigenvalue weighted by atomic mass is 10.1. The Morgan fingerprint density at radius 3 is 2.63 bits per heavy atom. The lowest BCUT2D eigenvalue weighted by Crippen LogP contribution is -2.37. The number of hydrogen-bond acceptors (Lipinski definition) is 5. The Bertz CT molecular complexity index is 846. The van der Waals surface area contributed by atoms with E-state index in [9.17, 15) is 14.4 Å². The van der Waals surface area contributed by atoms with Crippen molar-refractivity contribution in [3.05, 3.63) is 51.6 Å². The summed E-state index contributed by atoms with van der Waals surface area (Å²) in [5, 5.41) is 0. The molecule has 0 aliphatic carbocycles. The molecular formula is C19H24N4O4. The second kappa shape index (κ2) is 8.20. The summed E-state index contributed by atoms with van der Waals surface area (Å²) in [5.74, 6) is 0.235. The Hall–Kier alpha value is -2.90. The minimum absolute atomic E-state index is 0.0484. The summed E-state index contributed by atoms with van der Waals surface area (Å²) in [4.78, 5) is 46.5. The second-order valence-electron chi connectivity index (χ2n) is 6.73. The Balaban J connectivity index is 1.57. The number of aromatic nitrogens is 2. The number of carbonyl (C=O) groups is 2. The first-order valence-corrected chi connectivity index (χ1v) is 9.12. The van der Waals surface area contributed by atoms with Gasteiger partial charge in [-0.15, -0.1) is 0 Å². The van der Waals surface area contributed by atoms with Crippen LogP contribution in [0.3, 0.4) is 0 Å².